The molecule has 0 unspecified atom stereocenters. The van der Waals surface area contributed by atoms with Crippen molar-refractivity contribution in [2.24, 2.45) is 5.92 Å². The molecule has 0 bridgehead atoms. The fourth-order valence-electron chi connectivity index (χ4n) is 2.56. The highest BCUT2D eigenvalue weighted by atomic mass is 16.2. The molecule has 0 heterocycles. The smallest absolute Gasteiger partial charge is 0.227 e. The van der Waals surface area contributed by atoms with Gasteiger partial charge in [0.25, 0.3) is 0 Å². The number of carbonyl (C=O) groups is 3. The predicted molar refractivity (Wildman–Crippen MR) is 101 cm³/mol. The first-order valence-electron chi connectivity index (χ1n) is 8.82. The van der Waals surface area contributed by atoms with Crippen LogP contribution in [-0.2, 0) is 9.59 Å². The lowest BCUT2D eigenvalue weighted by Gasteiger charge is -2.08. The molecule has 5 heteroatoms. The van der Waals surface area contributed by atoms with Crippen LogP contribution in [0.3, 0.4) is 0 Å². The van der Waals surface area contributed by atoms with E-state index in [-0.39, 0.29) is 36.4 Å². The van der Waals surface area contributed by atoms with Gasteiger partial charge in [-0.15, -0.1) is 0 Å². The van der Waals surface area contributed by atoms with Gasteiger partial charge in [0.15, 0.2) is 5.78 Å². The van der Waals surface area contributed by atoms with E-state index in [1.54, 1.807) is 36.4 Å². The number of benzene rings is 2. The highest BCUT2D eigenvalue weighted by Crippen LogP contribution is 2.30. The summed E-state index contributed by atoms with van der Waals surface area (Å²) in [5.74, 6) is -0.0460. The van der Waals surface area contributed by atoms with Crippen LogP contribution in [0, 0.1) is 12.8 Å². The van der Waals surface area contributed by atoms with Gasteiger partial charge in [-0.2, -0.15) is 0 Å². The molecule has 0 atom stereocenters. The van der Waals surface area contributed by atoms with E-state index in [2.05, 4.69) is 10.6 Å². The third-order valence-electron chi connectivity index (χ3n) is 4.34. The van der Waals surface area contributed by atoms with Crippen LogP contribution in [0.2, 0.25) is 0 Å². The van der Waals surface area contributed by atoms with Crippen molar-refractivity contribution in [3.63, 3.8) is 0 Å². The number of hydrogen-bond acceptors (Lipinski definition) is 3. The summed E-state index contributed by atoms with van der Waals surface area (Å²) in [6.45, 7) is 1.96. The number of ketones is 1. The zero-order valence-corrected chi connectivity index (χ0v) is 14.7. The Morgan fingerprint density at radius 2 is 1.42 bits per heavy atom. The van der Waals surface area contributed by atoms with Crippen LogP contribution < -0.4 is 10.6 Å². The van der Waals surface area contributed by atoms with E-state index in [9.17, 15) is 14.4 Å². The molecule has 5 nitrogen and oxygen atoms in total. The van der Waals surface area contributed by atoms with E-state index < -0.39 is 0 Å². The van der Waals surface area contributed by atoms with Crippen LogP contribution in [0.5, 0.6) is 0 Å². The number of anilines is 2. The zero-order chi connectivity index (χ0) is 18.5. The fraction of sp³-hybridized carbons (Fsp3) is 0.286. The van der Waals surface area contributed by atoms with Crippen LogP contribution in [0.4, 0.5) is 11.4 Å². The summed E-state index contributed by atoms with van der Waals surface area (Å²) >= 11 is 0. The maximum absolute atomic E-state index is 12.1. The lowest BCUT2D eigenvalue weighted by atomic mass is 10.0. The topological polar surface area (TPSA) is 75.3 Å². The van der Waals surface area contributed by atoms with Gasteiger partial charge in [0, 0.05) is 35.7 Å². The molecule has 0 aliphatic heterocycles. The van der Waals surface area contributed by atoms with Crippen molar-refractivity contribution in [3.05, 3.63) is 59.7 Å². The summed E-state index contributed by atoms with van der Waals surface area (Å²) in [5, 5.41) is 5.62. The summed E-state index contributed by atoms with van der Waals surface area (Å²) < 4.78 is 0. The van der Waals surface area contributed by atoms with Crippen molar-refractivity contribution in [1.29, 1.82) is 0 Å². The average Bonchev–Trinajstić information content (AvgIpc) is 3.47. The minimum atomic E-state index is -0.208. The third-order valence-corrected chi connectivity index (χ3v) is 4.34. The molecule has 0 saturated heterocycles. The number of amides is 2. The van der Waals surface area contributed by atoms with Gasteiger partial charge in [-0.3, -0.25) is 14.4 Å². The Morgan fingerprint density at radius 3 is 2.00 bits per heavy atom. The molecular weight excluding hydrogens is 328 g/mol. The maximum Gasteiger partial charge on any atom is 0.227 e. The van der Waals surface area contributed by atoms with E-state index >= 15 is 0 Å². The fourth-order valence-corrected chi connectivity index (χ4v) is 2.56. The quantitative estimate of drug-likeness (QED) is 0.743. The summed E-state index contributed by atoms with van der Waals surface area (Å²) in [5.41, 5.74) is 3.08. The number of Topliss-reactive ketones (excluding diaryl/α,β-unsaturated/α-hetero) is 1. The summed E-state index contributed by atoms with van der Waals surface area (Å²) in [6.07, 6.45) is 2.22. The molecule has 1 saturated carbocycles. The van der Waals surface area contributed by atoms with Crippen LogP contribution in [0.25, 0.3) is 0 Å². The molecule has 26 heavy (non-hydrogen) atoms. The molecule has 0 aromatic heterocycles. The first-order chi connectivity index (χ1) is 12.5. The van der Waals surface area contributed by atoms with Crippen molar-refractivity contribution in [2.75, 3.05) is 10.6 Å². The van der Waals surface area contributed by atoms with Gasteiger partial charge in [0.2, 0.25) is 11.8 Å². The molecule has 3 rings (SSSR count). The minimum absolute atomic E-state index is 0.0433. The summed E-state index contributed by atoms with van der Waals surface area (Å²) in [7, 11) is 0. The Labute approximate surface area is 152 Å². The van der Waals surface area contributed by atoms with Crippen molar-refractivity contribution in [1.82, 2.24) is 0 Å². The van der Waals surface area contributed by atoms with Gasteiger partial charge >= 0.3 is 0 Å². The molecule has 0 spiro atoms. The van der Waals surface area contributed by atoms with Gasteiger partial charge in [-0.1, -0.05) is 29.8 Å². The molecule has 1 fully saturated rings. The molecule has 1 aliphatic rings. The van der Waals surface area contributed by atoms with Crippen LogP contribution >= 0.6 is 0 Å². The Morgan fingerprint density at radius 1 is 0.846 bits per heavy atom. The Kier molecular flexibility index (Phi) is 5.46. The second kappa shape index (κ2) is 7.95. The SMILES string of the molecule is Cc1ccc(C(=O)CCC(=O)Nc2ccc(NC(=O)C3CC3)cc2)cc1. The lowest BCUT2D eigenvalue weighted by molar-refractivity contribution is -0.117. The second-order valence-corrected chi connectivity index (χ2v) is 6.68. The molecule has 1 aliphatic carbocycles. The zero-order valence-electron chi connectivity index (χ0n) is 14.7. The van der Waals surface area contributed by atoms with Crippen molar-refractivity contribution >= 4 is 29.0 Å². The minimum Gasteiger partial charge on any atom is -0.326 e. The summed E-state index contributed by atoms with van der Waals surface area (Å²) in [6, 6.07) is 14.3. The normalized spacial score (nSPS) is 13.1. The first kappa shape index (κ1) is 17.9. The number of rotatable bonds is 7. The van der Waals surface area contributed by atoms with Crippen molar-refractivity contribution < 1.29 is 14.4 Å². The van der Waals surface area contributed by atoms with Gasteiger partial charge in [0.05, 0.1) is 0 Å². The van der Waals surface area contributed by atoms with Crippen molar-refractivity contribution in [2.45, 2.75) is 32.6 Å². The molecule has 2 N–H and O–H groups in total. The van der Waals surface area contributed by atoms with E-state index in [0.29, 0.717) is 11.3 Å². The van der Waals surface area contributed by atoms with Gasteiger partial charge in [-0.25, -0.2) is 0 Å². The molecule has 0 radical (unpaired) electrons. The Bertz CT molecular complexity index is 806. The van der Waals surface area contributed by atoms with Gasteiger partial charge in [-0.05, 0) is 44.0 Å². The molecule has 2 aromatic carbocycles. The van der Waals surface area contributed by atoms with Crippen LogP contribution in [0.15, 0.2) is 48.5 Å². The van der Waals surface area contributed by atoms with E-state index in [1.807, 2.05) is 19.1 Å². The third kappa shape index (κ3) is 5.02. The number of carbonyl (C=O) groups excluding carboxylic acids is 3. The maximum atomic E-state index is 12.1. The largest absolute Gasteiger partial charge is 0.326 e. The van der Waals surface area contributed by atoms with Gasteiger partial charge in [0.1, 0.15) is 0 Å². The lowest BCUT2D eigenvalue weighted by Crippen LogP contribution is -2.14. The molecule has 2 aromatic rings. The standard InChI is InChI=1S/C21H22N2O3/c1-14-2-4-15(5-3-14)19(24)12-13-20(25)22-17-8-10-18(11-9-17)23-21(26)16-6-7-16/h2-5,8-11,16H,6-7,12-13H2,1H3,(H,22,25)(H,23,26). The number of nitrogens with one attached hydrogen (secondary N) is 2. The summed E-state index contributed by atoms with van der Waals surface area (Å²) in [4.78, 5) is 35.8. The average molecular weight is 350 g/mol. The van der Waals surface area contributed by atoms with E-state index in [4.69, 9.17) is 0 Å². The van der Waals surface area contributed by atoms with E-state index in [0.717, 1.165) is 24.1 Å². The van der Waals surface area contributed by atoms with Crippen LogP contribution in [0.1, 0.15) is 41.6 Å². The monoisotopic (exact) mass is 350 g/mol. The molecule has 2 amide bonds. The first-order valence-corrected chi connectivity index (χ1v) is 8.82. The second-order valence-electron chi connectivity index (χ2n) is 6.68. The molecule has 134 valence electrons. The Balaban J connectivity index is 1.46. The predicted octanol–water partition coefficient (Wildman–Crippen LogP) is 3.95. The highest BCUT2D eigenvalue weighted by Gasteiger charge is 2.29. The van der Waals surface area contributed by atoms with E-state index in [1.165, 1.54) is 0 Å². The van der Waals surface area contributed by atoms with Crippen LogP contribution in [-0.4, -0.2) is 17.6 Å². The Hall–Kier alpha value is -2.95. The molecular formula is C21H22N2O3. The number of aryl methyl sites for hydroxylation is 1. The van der Waals surface area contributed by atoms with Gasteiger partial charge < -0.3 is 10.6 Å². The van der Waals surface area contributed by atoms with Crippen molar-refractivity contribution in [3.8, 4) is 0 Å². The number of hydrogen-bond donors (Lipinski definition) is 2. The highest BCUT2D eigenvalue weighted by molar-refractivity contribution is 6.00.